The molecule has 1 aliphatic rings. The van der Waals surface area contributed by atoms with E-state index in [9.17, 15) is 22.8 Å². The van der Waals surface area contributed by atoms with Crippen LogP contribution in [-0.4, -0.2) is 39.6 Å². The number of methoxy groups -OCH3 is 1. The fourth-order valence-electron chi connectivity index (χ4n) is 3.18. The Morgan fingerprint density at radius 2 is 2.07 bits per heavy atom. The van der Waals surface area contributed by atoms with Crippen molar-refractivity contribution in [1.82, 2.24) is 19.9 Å². The van der Waals surface area contributed by atoms with Crippen molar-refractivity contribution in [2.75, 3.05) is 12.4 Å². The molecule has 2 amide bonds. The molecular formula is C17H11BrF3N5O3. The van der Waals surface area contributed by atoms with E-state index in [4.69, 9.17) is 4.74 Å². The lowest BCUT2D eigenvalue weighted by molar-refractivity contribution is -0.213. The number of nitrogens with zero attached hydrogens (tertiary/aromatic N) is 3. The average Bonchev–Trinajstić information content (AvgIpc) is 3.17. The van der Waals surface area contributed by atoms with Crippen LogP contribution in [0.2, 0.25) is 0 Å². The molecule has 0 saturated heterocycles. The van der Waals surface area contributed by atoms with E-state index in [1.165, 1.54) is 37.6 Å². The Kier molecular flexibility index (Phi) is 4.26. The van der Waals surface area contributed by atoms with Gasteiger partial charge in [0.05, 0.1) is 12.6 Å². The quantitative estimate of drug-likeness (QED) is 0.614. The van der Waals surface area contributed by atoms with Gasteiger partial charge in [-0.1, -0.05) is 6.07 Å². The second kappa shape index (κ2) is 6.44. The lowest BCUT2D eigenvalue weighted by atomic mass is 10.1. The summed E-state index contributed by atoms with van der Waals surface area (Å²) in [6.07, 6.45) is -3.88. The summed E-state index contributed by atoms with van der Waals surface area (Å²) >= 11 is 3.23. The highest BCUT2D eigenvalue weighted by Crippen LogP contribution is 2.45. The molecule has 2 N–H and O–H groups in total. The maximum absolute atomic E-state index is 14.3. The van der Waals surface area contributed by atoms with E-state index in [0.717, 1.165) is 0 Å². The van der Waals surface area contributed by atoms with Gasteiger partial charge in [-0.25, -0.2) is 9.97 Å². The minimum atomic E-state index is -5.19. The Balaban J connectivity index is 1.93. The Labute approximate surface area is 169 Å². The zero-order chi connectivity index (χ0) is 21.0. The molecule has 1 aromatic carbocycles. The van der Waals surface area contributed by atoms with Crippen molar-refractivity contribution in [2.45, 2.75) is 11.8 Å². The average molecular weight is 470 g/mol. The first-order valence-electron chi connectivity index (χ1n) is 8.08. The first-order valence-corrected chi connectivity index (χ1v) is 8.87. The third-order valence-corrected chi connectivity index (χ3v) is 5.08. The highest BCUT2D eigenvalue weighted by molar-refractivity contribution is 9.10. The van der Waals surface area contributed by atoms with Crippen LogP contribution in [-0.2, 0) is 10.5 Å². The van der Waals surface area contributed by atoms with Gasteiger partial charge in [0.1, 0.15) is 11.1 Å². The largest absolute Gasteiger partial charge is 0.480 e. The molecule has 0 spiro atoms. The number of fused-ring (bicyclic) bond motifs is 3. The zero-order valence-corrected chi connectivity index (χ0v) is 16.1. The predicted octanol–water partition coefficient (Wildman–Crippen LogP) is 2.80. The van der Waals surface area contributed by atoms with E-state index in [-0.39, 0.29) is 28.4 Å². The van der Waals surface area contributed by atoms with Crippen LogP contribution in [0.15, 0.2) is 41.0 Å². The minimum Gasteiger partial charge on any atom is -0.480 e. The van der Waals surface area contributed by atoms with E-state index >= 15 is 0 Å². The van der Waals surface area contributed by atoms with Gasteiger partial charge < -0.3 is 10.1 Å². The standard InChI is InChI=1S/C17H11BrF3N5O3/c1-29-13-8(4-3-7-22-13)12(27)25-16(17(19,20)21)14(28)24-15-23-11-9(18)5-2-6-10(11)26(15)16/h2-7H,1H3,(H,25,27)(H,23,24,28). The summed E-state index contributed by atoms with van der Waals surface area (Å²) in [4.78, 5) is 33.2. The van der Waals surface area contributed by atoms with Crippen molar-refractivity contribution in [3.05, 3.63) is 46.6 Å². The van der Waals surface area contributed by atoms with Crippen molar-refractivity contribution in [3.8, 4) is 5.88 Å². The normalized spacial score (nSPS) is 18.4. The number of ether oxygens (including phenoxy) is 1. The molecule has 1 atom stereocenters. The first-order chi connectivity index (χ1) is 13.7. The molecule has 29 heavy (non-hydrogen) atoms. The van der Waals surface area contributed by atoms with E-state index in [1.807, 2.05) is 5.32 Å². The highest BCUT2D eigenvalue weighted by Gasteiger charge is 2.67. The van der Waals surface area contributed by atoms with Gasteiger partial charge in [-0.15, -0.1) is 0 Å². The second-order valence-electron chi connectivity index (χ2n) is 6.06. The summed E-state index contributed by atoms with van der Waals surface area (Å²) in [5.41, 5.74) is -3.46. The van der Waals surface area contributed by atoms with Crippen molar-refractivity contribution < 1.29 is 27.5 Å². The lowest BCUT2D eigenvalue weighted by Gasteiger charge is -2.32. The lowest BCUT2D eigenvalue weighted by Crippen LogP contribution is -2.63. The number of carbonyl (C=O) groups is 2. The van der Waals surface area contributed by atoms with Crippen LogP contribution in [0.25, 0.3) is 11.0 Å². The number of carbonyl (C=O) groups excluding carboxylic acids is 2. The Morgan fingerprint density at radius 1 is 1.31 bits per heavy atom. The number of rotatable bonds is 3. The first kappa shape index (κ1) is 19.2. The summed E-state index contributed by atoms with van der Waals surface area (Å²) in [5, 5.41) is 3.95. The maximum atomic E-state index is 14.3. The molecule has 4 rings (SSSR count). The second-order valence-corrected chi connectivity index (χ2v) is 6.91. The Morgan fingerprint density at radius 3 is 2.76 bits per heavy atom. The van der Waals surface area contributed by atoms with Crippen molar-refractivity contribution in [3.63, 3.8) is 0 Å². The van der Waals surface area contributed by atoms with Gasteiger partial charge in [-0.3, -0.25) is 19.5 Å². The third-order valence-electron chi connectivity index (χ3n) is 4.44. The fourth-order valence-corrected chi connectivity index (χ4v) is 3.62. The van der Waals surface area contributed by atoms with Crippen LogP contribution in [0.3, 0.4) is 0 Å². The fraction of sp³-hybridized carbons (Fsp3) is 0.176. The van der Waals surface area contributed by atoms with Gasteiger partial charge in [-0.05, 0) is 40.2 Å². The van der Waals surface area contributed by atoms with Crippen LogP contribution in [0.1, 0.15) is 10.4 Å². The van der Waals surface area contributed by atoms with Crippen molar-refractivity contribution >= 4 is 44.7 Å². The number of anilines is 1. The number of aromatic nitrogens is 3. The van der Waals surface area contributed by atoms with Gasteiger partial charge in [-0.2, -0.15) is 13.2 Å². The van der Waals surface area contributed by atoms with Gasteiger partial charge in [0.15, 0.2) is 0 Å². The molecule has 0 aliphatic carbocycles. The summed E-state index contributed by atoms with van der Waals surface area (Å²) in [6, 6.07) is 7.07. The molecule has 0 radical (unpaired) electrons. The number of alkyl halides is 3. The van der Waals surface area contributed by atoms with Crippen molar-refractivity contribution in [2.24, 2.45) is 0 Å². The molecule has 0 fully saturated rings. The van der Waals surface area contributed by atoms with E-state index in [0.29, 0.717) is 9.04 Å². The van der Waals surface area contributed by atoms with Gasteiger partial charge in [0.2, 0.25) is 11.8 Å². The Bertz CT molecular complexity index is 1160. The molecule has 3 aromatic rings. The van der Waals surface area contributed by atoms with Crippen LogP contribution in [0.4, 0.5) is 19.1 Å². The van der Waals surface area contributed by atoms with Gasteiger partial charge >= 0.3 is 6.18 Å². The van der Waals surface area contributed by atoms with Crippen LogP contribution in [0, 0.1) is 0 Å². The highest BCUT2D eigenvalue weighted by atomic mass is 79.9. The molecule has 3 heterocycles. The van der Waals surface area contributed by atoms with E-state index in [1.54, 1.807) is 6.07 Å². The number of pyridine rings is 1. The van der Waals surface area contributed by atoms with E-state index in [2.05, 4.69) is 31.2 Å². The molecular weight excluding hydrogens is 459 g/mol. The maximum Gasteiger partial charge on any atom is 0.440 e. The zero-order valence-electron chi connectivity index (χ0n) is 14.5. The van der Waals surface area contributed by atoms with Crippen molar-refractivity contribution in [1.29, 1.82) is 0 Å². The summed E-state index contributed by atoms with van der Waals surface area (Å²) in [6.45, 7) is 0. The SMILES string of the molecule is COc1ncccc1C(=O)NC1(C(F)(F)F)C(=O)Nc2nc3c(Br)cccc3n21. The summed E-state index contributed by atoms with van der Waals surface area (Å²) in [5.74, 6) is -3.19. The molecule has 1 aliphatic heterocycles. The van der Waals surface area contributed by atoms with Crippen LogP contribution >= 0.6 is 15.9 Å². The number of halogens is 4. The number of amides is 2. The number of hydrogen-bond acceptors (Lipinski definition) is 5. The molecule has 0 bridgehead atoms. The molecule has 8 nitrogen and oxygen atoms in total. The number of nitrogens with one attached hydrogen (secondary N) is 2. The van der Waals surface area contributed by atoms with Gasteiger partial charge in [0.25, 0.3) is 17.5 Å². The molecule has 2 aromatic heterocycles. The summed E-state index contributed by atoms with van der Waals surface area (Å²) < 4.78 is 49.0. The molecule has 0 saturated carbocycles. The number of imidazole rings is 1. The minimum absolute atomic E-state index is 0.00324. The predicted molar refractivity (Wildman–Crippen MR) is 98.3 cm³/mol. The monoisotopic (exact) mass is 469 g/mol. The summed E-state index contributed by atoms with van der Waals surface area (Å²) in [7, 11) is 1.22. The van der Waals surface area contributed by atoms with Crippen LogP contribution < -0.4 is 15.4 Å². The van der Waals surface area contributed by atoms with E-state index < -0.39 is 23.7 Å². The topological polar surface area (TPSA) is 98.1 Å². The molecule has 150 valence electrons. The Hall–Kier alpha value is -3.15. The number of para-hydroxylation sites is 1. The molecule has 12 heteroatoms. The van der Waals surface area contributed by atoms with Gasteiger partial charge in [0, 0.05) is 10.7 Å². The smallest absolute Gasteiger partial charge is 0.440 e. The third kappa shape index (κ3) is 2.66. The number of benzene rings is 1. The van der Waals surface area contributed by atoms with Crippen LogP contribution in [0.5, 0.6) is 5.88 Å². The molecule has 1 unspecified atom stereocenters. The number of hydrogen-bond donors (Lipinski definition) is 2.